The summed E-state index contributed by atoms with van der Waals surface area (Å²) in [4.78, 5) is 13.7. The minimum Gasteiger partial charge on any atom is -0.480 e. The normalized spacial score (nSPS) is 26.1. The molecule has 2 rings (SSSR count). The van der Waals surface area contributed by atoms with E-state index in [9.17, 15) is 9.90 Å². The molecule has 0 amide bonds. The van der Waals surface area contributed by atoms with Crippen molar-refractivity contribution < 1.29 is 9.90 Å². The Morgan fingerprint density at radius 3 is 2.74 bits per heavy atom. The van der Waals surface area contributed by atoms with E-state index in [1.807, 2.05) is 38.1 Å². The highest BCUT2D eigenvalue weighted by atomic mass is 35.5. The average Bonchev–Trinajstić information content (AvgIpc) is 2.39. The molecule has 1 N–H and O–H groups in total. The van der Waals surface area contributed by atoms with Gasteiger partial charge in [0, 0.05) is 11.1 Å². The van der Waals surface area contributed by atoms with Gasteiger partial charge in [0.15, 0.2) is 0 Å². The molecule has 1 fully saturated rings. The molecule has 2 unspecified atom stereocenters. The van der Waals surface area contributed by atoms with E-state index in [0.29, 0.717) is 11.4 Å². The molecule has 4 heteroatoms. The lowest BCUT2D eigenvalue weighted by Crippen LogP contribution is -2.55. The molecule has 0 spiro atoms. The number of aliphatic carboxylic acids is 1. The molecule has 1 saturated heterocycles. The molecule has 1 aromatic carbocycles. The first-order valence-corrected chi connectivity index (χ1v) is 7.09. The van der Waals surface area contributed by atoms with Crippen molar-refractivity contribution in [3.05, 3.63) is 34.9 Å². The topological polar surface area (TPSA) is 40.5 Å². The van der Waals surface area contributed by atoms with Gasteiger partial charge in [0.1, 0.15) is 5.54 Å². The van der Waals surface area contributed by atoms with Gasteiger partial charge in [0.05, 0.1) is 0 Å². The van der Waals surface area contributed by atoms with E-state index in [0.717, 1.165) is 24.9 Å². The van der Waals surface area contributed by atoms with Crippen LogP contribution in [0.5, 0.6) is 0 Å². The van der Waals surface area contributed by atoms with Gasteiger partial charge in [0.2, 0.25) is 0 Å². The number of likely N-dealkylation sites (tertiary alicyclic amines) is 1. The van der Waals surface area contributed by atoms with Crippen molar-refractivity contribution in [3.8, 4) is 0 Å². The maximum Gasteiger partial charge on any atom is 0.323 e. The lowest BCUT2D eigenvalue weighted by atomic mass is 9.86. The number of benzene rings is 1. The van der Waals surface area contributed by atoms with Crippen molar-refractivity contribution in [2.45, 2.75) is 44.7 Å². The Balaban J connectivity index is 2.33. The van der Waals surface area contributed by atoms with Crippen LogP contribution in [0.2, 0.25) is 5.02 Å². The van der Waals surface area contributed by atoms with Crippen molar-refractivity contribution in [1.29, 1.82) is 0 Å². The van der Waals surface area contributed by atoms with Crippen LogP contribution in [-0.4, -0.2) is 28.1 Å². The van der Waals surface area contributed by atoms with Crippen molar-refractivity contribution in [3.63, 3.8) is 0 Å². The summed E-state index contributed by atoms with van der Waals surface area (Å²) in [6.07, 6.45) is 2.70. The zero-order valence-corrected chi connectivity index (χ0v) is 12.2. The Bertz CT molecular complexity index is 477. The van der Waals surface area contributed by atoms with E-state index in [1.54, 1.807) is 0 Å². The van der Waals surface area contributed by atoms with E-state index in [4.69, 9.17) is 11.6 Å². The lowest BCUT2D eigenvalue weighted by Gasteiger charge is -2.45. The van der Waals surface area contributed by atoms with Crippen LogP contribution >= 0.6 is 11.6 Å². The fourth-order valence-corrected chi connectivity index (χ4v) is 3.27. The van der Waals surface area contributed by atoms with Crippen molar-refractivity contribution in [1.82, 2.24) is 4.90 Å². The van der Waals surface area contributed by atoms with E-state index >= 15 is 0 Å². The molecule has 3 nitrogen and oxygen atoms in total. The molecule has 1 heterocycles. The van der Waals surface area contributed by atoms with Crippen LogP contribution in [0.25, 0.3) is 0 Å². The highest BCUT2D eigenvalue weighted by molar-refractivity contribution is 6.31. The molecule has 0 bridgehead atoms. The van der Waals surface area contributed by atoms with Crippen LogP contribution in [0.4, 0.5) is 0 Å². The smallest absolute Gasteiger partial charge is 0.323 e. The number of carbonyl (C=O) groups is 1. The summed E-state index contributed by atoms with van der Waals surface area (Å²) in [7, 11) is 0. The third-order valence-electron chi connectivity index (χ3n) is 4.23. The highest BCUT2D eigenvalue weighted by Crippen LogP contribution is 2.37. The van der Waals surface area contributed by atoms with Gasteiger partial charge >= 0.3 is 5.97 Å². The van der Waals surface area contributed by atoms with E-state index in [1.165, 1.54) is 0 Å². The summed E-state index contributed by atoms with van der Waals surface area (Å²) < 4.78 is 0. The predicted molar refractivity (Wildman–Crippen MR) is 76.5 cm³/mol. The average molecular weight is 282 g/mol. The first-order valence-electron chi connectivity index (χ1n) is 6.71. The van der Waals surface area contributed by atoms with E-state index in [2.05, 4.69) is 4.90 Å². The standard InChI is InChI=1S/C15H20ClNO2/c1-11(12-7-3-4-8-13(12)16)17-10-6-5-9-15(17,2)14(18)19/h3-4,7-8,11H,5-6,9-10H2,1-2H3,(H,18,19). The number of hydrogen-bond acceptors (Lipinski definition) is 2. The van der Waals surface area contributed by atoms with Gasteiger partial charge in [0.25, 0.3) is 0 Å². The van der Waals surface area contributed by atoms with Crippen LogP contribution in [-0.2, 0) is 4.79 Å². The van der Waals surface area contributed by atoms with Crippen LogP contribution in [0.1, 0.15) is 44.7 Å². The first kappa shape index (κ1) is 14.4. The van der Waals surface area contributed by atoms with E-state index < -0.39 is 11.5 Å². The van der Waals surface area contributed by atoms with Crippen LogP contribution in [0.3, 0.4) is 0 Å². The Morgan fingerprint density at radius 1 is 1.42 bits per heavy atom. The summed E-state index contributed by atoms with van der Waals surface area (Å²) >= 11 is 6.24. The molecule has 0 aromatic heterocycles. The van der Waals surface area contributed by atoms with Gasteiger partial charge < -0.3 is 5.11 Å². The molecule has 2 atom stereocenters. The summed E-state index contributed by atoms with van der Waals surface area (Å²) in [5.41, 5.74) is 0.204. The molecule has 1 aliphatic rings. The number of hydrogen-bond donors (Lipinski definition) is 1. The van der Waals surface area contributed by atoms with Crippen molar-refractivity contribution >= 4 is 17.6 Å². The second kappa shape index (κ2) is 5.51. The minimum atomic E-state index is -0.795. The number of nitrogens with zero attached hydrogens (tertiary/aromatic N) is 1. The minimum absolute atomic E-state index is 0.00935. The Labute approximate surface area is 119 Å². The quantitative estimate of drug-likeness (QED) is 0.918. The summed E-state index contributed by atoms with van der Waals surface area (Å²) in [5, 5.41) is 10.3. The van der Waals surface area contributed by atoms with Gasteiger partial charge in [-0.1, -0.05) is 29.8 Å². The van der Waals surface area contributed by atoms with Gasteiger partial charge in [-0.3, -0.25) is 9.69 Å². The molecule has 1 aliphatic heterocycles. The number of piperidine rings is 1. The predicted octanol–water partition coefficient (Wildman–Crippen LogP) is 3.73. The lowest BCUT2D eigenvalue weighted by molar-refractivity contribution is -0.155. The van der Waals surface area contributed by atoms with Crippen LogP contribution < -0.4 is 0 Å². The zero-order chi connectivity index (χ0) is 14.0. The molecule has 19 heavy (non-hydrogen) atoms. The van der Waals surface area contributed by atoms with Gasteiger partial charge in [-0.05, 0) is 51.3 Å². The zero-order valence-electron chi connectivity index (χ0n) is 11.4. The Kier molecular flexibility index (Phi) is 4.16. The number of rotatable bonds is 3. The van der Waals surface area contributed by atoms with Crippen molar-refractivity contribution in [2.24, 2.45) is 0 Å². The summed E-state index contributed by atoms with van der Waals surface area (Å²) in [5.74, 6) is -0.744. The first-order chi connectivity index (χ1) is 8.97. The molecule has 0 aliphatic carbocycles. The SMILES string of the molecule is CC(c1ccccc1Cl)N1CCCCC1(C)C(=O)O. The third kappa shape index (κ3) is 2.63. The largest absolute Gasteiger partial charge is 0.480 e. The second-order valence-corrected chi connectivity index (χ2v) is 5.83. The molecule has 0 saturated carbocycles. The number of carboxylic acids is 1. The fraction of sp³-hybridized carbons (Fsp3) is 0.533. The summed E-state index contributed by atoms with van der Waals surface area (Å²) in [6, 6.07) is 7.68. The molecular formula is C15H20ClNO2. The van der Waals surface area contributed by atoms with Crippen LogP contribution in [0.15, 0.2) is 24.3 Å². The van der Waals surface area contributed by atoms with E-state index in [-0.39, 0.29) is 6.04 Å². The highest BCUT2D eigenvalue weighted by Gasteiger charge is 2.43. The van der Waals surface area contributed by atoms with Gasteiger partial charge in [-0.2, -0.15) is 0 Å². The molecule has 1 aromatic rings. The van der Waals surface area contributed by atoms with Crippen molar-refractivity contribution in [2.75, 3.05) is 6.54 Å². The van der Waals surface area contributed by atoms with Gasteiger partial charge in [-0.15, -0.1) is 0 Å². The summed E-state index contributed by atoms with van der Waals surface area (Å²) in [6.45, 7) is 4.66. The molecular weight excluding hydrogens is 262 g/mol. The Hall–Kier alpha value is -1.06. The third-order valence-corrected chi connectivity index (χ3v) is 4.57. The monoisotopic (exact) mass is 281 g/mol. The number of halogens is 1. The molecule has 104 valence electrons. The number of carboxylic acid groups (broad SMARTS) is 1. The Morgan fingerprint density at radius 2 is 2.11 bits per heavy atom. The van der Waals surface area contributed by atoms with Gasteiger partial charge in [-0.25, -0.2) is 0 Å². The van der Waals surface area contributed by atoms with Crippen LogP contribution in [0, 0.1) is 0 Å². The fourth-order valence-electron chi connectivity index (χ4n) is 2.97. The maximum absolute atomic E-state index is 11.6. The second-order valence-electron chi connectivity index (χ2n) is 5.43. The maximum atomic E-state index is 11.6. The molecule has 0 radical (unpaired) electrons.